The van der Waals surface area contributed by atoms with Crippen LogP contribution in [0.5, 0.6) is 5.75 Å². The van der Waals surface area contributed by atoms with Gasteiger partial charge in [0.1, 0.15) is 11.9 Å². The third-order valence-corrected chi connectivity index (χ3v) is 18.2. The molecule has 48 heavy (non-hydrogen) atoms. The highest BCUT2D eigenvalue weighted by molar-refractivity contribution is 8.02. The summed E-state index contributed by atoms with van der Waals surface area (Å²) in [6, 6.07) is 6.15. The fourth-order valence-electron chi connectivity index (χ4n) is 10.8. The molecule has 8 aliphatic rings. The van der Waals surface area contributed by atoms with Gasteiger partial charge in [0.05, 0.1) is 23.4 Å². The average molecular weight is 698 g/mol. The number of rotatable bonds is 13. The summed E-state index contributed by atoms with van der Waals surface area (Å²) in [7, 11) is 3.90. The first-order chi connectivity index (χ1) is 23.3. The Morgan fingerprint density at radius 1 is 1.08 bits per heavy atom. The maximum absolute atomic E-state index is 14.3. The fraction of sp³-hybridized carbons (Fsp3) is 0.703. The van der Waals surface area contributed by atoms with E-state index in [0.717, 1.165) is 85.4 Å². The third-order valence-electron chi connectivity index (χ3n) is 12.6. The maximum atomic E-state index is 14.3. The molecule has 4 saturated carbocycles. The zero-order valence-electron chi connectivity index (χ0n) is 29.4. The van der Waals surface area contributed by atoms with E-state index in [1.807, 2.05) is 17.8 Å². The molecule has 1 amide bonds. The summed E-state index contributed by atoms with van der Waals surface area (Å²) >= 11 is 1.92. The Morgan fingerprint density at radius 2 is 1.77 bits per heavy atom. The second kappa shape index (κ2) is 13.9. The minimum Gasteiger partial charge on any atom is -0.497 e. The van der Waals surface area contributed by atoms with Crippen molar-refractivity contribution in [2.24, 2.45) is 29.6 Å². The molecule has 7 atom stereocenters. The third kappa shape index (κ3) is 6.25. The number of amides is 1. The average Bonchev–Trinajstić information content (AvgIpc) is 3.09. The molecule has 9 rings (SSSR count). The number of ether oxygens (including phenoxy) is 2. The van der Waals surface area contributed by atoms with E-state index in [4.69, 9.17) is 22.8 Å². The van der Waals surface area contributed by atoms with Gasteiger partial charge in [0.15, 0.2) is 0 Å². The van der Waals surface area contributed by atoms with Crippen LogP contribution in [0.2, 0.25) is 0 Å². The lowest BCUT2D eigenvalue weighted by molar-refractivity contribution is -0.0491. The van der Waals surface area contributed by atoms with Gasteiger partial charge in [-0.25, -0.2) is 4.79 Å². The lowest BCUT2D eigenvalue weighted by Gasteiger charge is -2.57. The molecule has 0 radical (unpaired) electrons. The zero-order chi connectivity index (χ0) is 33.6. The van der Waals surface area contributed by atoms with Crippen molar-refractivity contribution in [3.05, 3.63) is 42.5 Å². The fourth-order valence-corrected chi connectivity index (χ4v) is 15.9. The Hall–Kier alpha value is -2.02. The Morgan fingerprint density at radius 3 is 2.35 bits per heavy atom. The number of carbonyl (C=O) groups is 1. The normalized spacial score (nSPS) is 36.0. The first kappa shape index (κ1) is 34.4. The van der Waals surface area contributed by atoms with Crippen molar-refractivity contribution in [1.82, 2.24) is 10.2 Å². The second-order valence-electron chi connectivity index (χ2n) is 15.2. The minimum absolute atomic E-state index is 0.00386. The Bertz CT molecular complexity index is 1340. The summed E-state index contributed by atoms with van der Waals surface area (Å²) < 4.78 is 30.4. The van der Waals surface area contributed by atoms with Crippen LogP contribution >= 0.6 is 11.8 Å². The zero-order valence-corrected chi connectivity index (χ0v) is 31.2. The molecule has 1 aromatic carbocycles. The van der Waals surface area contributed by atoms with Crippen molar-refractivity contribution in [3.8, 4) is 5.75 Å². The minimum atomic E-state index is -2.90. The van der Waals surface area contributed by atoms with Crippen molar-refractivity contribution in [2.75, 3.05) is 46.8 Å². The van der Waals surface area contributed by atoms with Gasteiger partial charge in [-0.3, -0.25) is 4.90 Å². The molecule has 3 saturated heterocycles. The summed E-state index contributed by atoms with van der Waals surface area (Å²) in [4.78, 5) is 16.9. The predicted octanol–water partition coefficient (Wildman–Crippen LogP) is 6.72. The number of carbonyl (C=O) groups excluding carboxylic acids is 1. The summed E-state index contributed by atoms with van der Waals surface area (Å²) in [6.45, 7) is 7.96. The van der Waals surface area contributed by atoms with Crippen molar-refractivity contribution in [2.45, 2.75) is 92.6 Å². The van der Waals surface area contributed by atoms with Crippen LogP contribution in [-0.2, 0) is 18.0 Å². The molecule has 4 aliphatic heterocycles. The number of methoxy groups -OCH3 is 1. The van der Waals surface area contributed by atoms with Crippen LogP contribution in [0.15, 0.2) is 36.9 Å². The van der Waals surface area contributed by atoms with Crippen LogP contribution in [0, 0.1) is 29.6 Å². The second-order valence-corrected chi connectivity index (χ2v) is 20.1. The molecule has 1 aromatic rings. The molecule has 7 fully saturated rings. The number of piperidine rings is 3. The predicted molar refractivity (Wildman–Crippen MR) is 193 cm³/mol. The summed E-state index contributed by atoms with van der Waals surface area (Å²) in [5.74, 6) is 3.82. The van der Waals surface area contributed by atoms with Crippen LogP contribution in [-0.4, -0.2) is 89.3 Å². The first-order valence-corrected chi connectivity index (χ1v) is 20.8. The lowest BCUT2D eigenvalue weighted by Crippen LogP contribution is -2.64. The van der Waals surface area contributed by atoms with E-state index in [1.165, 1.54) is 19.3 Å². The van der Waals surface area contributed by atoms with Crippen LogP contribution in [0.4, 0.5) is 10.5 Å². The SMILES string of the molecule is C=C[C@H]1CN2C(SC(CC)[Si](OC)(OC)OC)CC1C[C@H]2[C@H](OC(=O)NC12CC3CC(CC(C3)C1)C2)C1=CCNc2ccc(OC)cc21. The monoisotopic (exact) mass is 697 g/mol. The topological polar surface area (TPSA) is 90.5 Å². The highest BCUT2D eigenvalue weighted by Gasteiger charge is 2.55. The molecule has 264 valence electrons. The van der Waals surface area contributed by atoms with Gasteiger partial charge < -0.3 is 33.4 Å². The Balaban J connectivity index is 1.21. The summed E-state index contributed by atoms with van der Waals surface area (Å²) in [5, 5.41) is 7.26. The summed E-state index contributed by atoms with van der Waals surface area (Å²) in [5.41, 5.74) is 3.01. The van der Waals surface area contributed by atoms with E-state index in [-0.39, 0.29) is 27.9 Å². The number of thioether (sulfide) groups is 1. The summed E-state index contributed by atoms with van der Waals surface area (Å²) in [6.07, 6.45) is 13.7. The standard InChI is InChI=1S/C37H55N3O6SSi/c1-7-26-22-40-32(16-27(26)17-33(40)47-34(8-2)48(43-4,44-5)45-6)35(29-11-12-38-31-10-9-28(42-3)18-30(29)31)46-36(41)39-37-19-23-13-24(20-37)15-25(14-23)21-37/h7,9-11,18,23-27,32-35,38H,1,8,12-17,19-22H2,2-6H3,(H,39,41)/t23?,24?,25?,26-,27?,32-,33?,34?,35+,37?/m0/s1. The molecule has 0 aromatic heterocycles. The van der Waals surface area contributed by atoms with Gasteiger partial charge in [-0.2, -0.15) is 0 Å². The Labute approximate surface area is 292 Å². The van der Waals surface area contributed by atoms with Crippen LogP contribution in [0.3, 0.4) is 0 Å². The molecule has 4 unspecified atom stereocenters. The van der Waals surface area contributed by atoms with Gasteiger partial charge in [-0.15, -0.1) is 18.3 Å². The van der Waals surface area contributed by atoms with Gasteiger partial charge in [0.2, 0.25) is 0 Å². The van der Waals surface area contributed by atoms with Crippen molar-refractivity contribution in [3.63, 3.8) is 0 Å². The van der Waals surface area contributed by atoms with Crippen molar-refractivity contribution >= 4 is 37.9 Å². The van der Waals surface area contributed by atoms with Crippen LogP contribution in [0.25, 0.3) is 5.57 Å². The molecule has 9 nitrogen and oxygen atoms in total. The Kier molecular flexibility index (Phi) is 10.0. The number of alkyl carbamates (subject to hydrolysis) is 1. The van der Waals surface area contributed by atoms with E-state index in [9.17, 15) is 4.79 Å². The van der Waals surface area contributed by atoms with E-state index in [0.29, 0.717) is 18.4 Å². The smallest absolute Gasteiger partial charge is 0.497 e. The molecule has 4 aliphatic carbocycles. The highest BCUT2D eigenvalue weighted by atomic mass is 32.2. The number of nitrogens with zero attached hydrogens (tertiary/aromatic N) is 1. The number of nitrogens with one attached hydrogen (secondary N) is 2. The molecule has 11 heteroatoms. The number of benzene rings is 1. The largest absolute Gasteiger partial charge is 0.513 e. The van der Waals surface area contributed by atoms with Crippen LogP contribution < -0.4 is 15.4 Å². The van der Waals surface area contributed by atoms with Gasteiger partial charge in [-0.05, 0) is 106 Å². The molecule has 6 bridgehead atoms. The quantitative estimate of drug-likeness (QED) is 0.172. The number of anilines is 1. The van der Waals surface area contributed by atoms with Gasteiger partial charge in [0, 0.05) is 56.8 Å². The number of hydrogen-bond acceptors (Lipinski definition) is 9. The van der Waals surface area contributed by atoms with Gasteiger partial charge in [-0.1, -0.05) is 19.1 Å². The molecule has 0 spiro atoms. The van der Waals surface area contributed by atoms with Crippen molar-refractivity contribution < 1.29 is 27.5 Å². The molecular formula is C37H55N3O6SSi. The molecule has 4 heterocycles. The van der Waals surface area contributed by atoms with Crippen molar-refractivity contribution in [1.29, 1.82) is 0 Å². The van der Waals surface area contributed by atoms with E-state index >= 15 is 0 Å². The van der Waals surface area contributed by atoms with Gasteiger partial charge >= 0.3 is 14.9 Å². The number of fused-ring (bicyclic) bond motifs is 4. The highest BCUT2D eigenvalue weighted by Crippen LogP contribution is 2.56. The van der Waals surface area contributed by atoms with E-state index < -0.39 is 14.9 Å². The molecule has 2 N–H and O–H groups in total. The van der Waals surface area contributed by atoms with E-state index in [1.54, 1.807) is 28.4 Å². The van der Waals surface area contributed by atoms with Gasteiger partial charge in [0.25, 0.3) is 0 Å². The molecular weight excluding hydrogens is 643 g/mol. The van der Waals surface area contributed by atoms with Crippen LogP contribution in [0.1, 0.15) is 70.3 Å². The van der Waals surface area contributed by atoms with E-state index in [2.05, 4.69) is 53.3 Å². The lowest BCUT2D eigenvalue weighted by atomic mass is 9.53. The number of hydrogen-bond donors (Lipinski definition) is 2. The maximum Gasteiger partial charge on any atom is 0.513 e. The first-order valence-electron chi connectivity index (χ1n) is 18.1.